The van der Waals surface area contributed by atoms with Gasteiger partial charge in [0.2, 0.25) is 5.91 Å². The summed E-state index contributed by atoms with van der Waals surface area (Å²) in [7, 11) is 0. The van der Waals surface area contributed by atoms with E-state index in [0.717, 1.165) is 0 Å². The van der Waals surface area contributed by atoms with Crippen LogP contribution >= 0.6 is 0 Å². The normalized spacial score (nSPS) is 25.2. The lowest BCUT2D eigenvalue weighted by atomic mass is 10.3. The molecule has 0 aromatic rings. The summed E-state index contributed by atoms with van der Waals surface area (Å²) in [4.78, 5) is 14.7. The smallest absolute Gasteiger partial charge is 0.217 e. The van der Waals surface area contributed by atoms with Crippen molar-refractivity contribution < 1.29 is 9.63 Å². The Morgan fingerprint density at radius 3 is 2.88 bits per heavy atom. The summed E-state index contributed by atoms with van der Waals surface area (Å²) < 4.78 is 0. The van der Waals surface area contributed by atoms with Gasteiger partial charge in [0.25, 0.3) is 0 Å². The van der Waals surface area contributed by atoms with Crippen LogP contribution in [0.5, 0.6) is 0 Å². The molecule has 0 aromatic carbocycles. The molecule has 1 heterocycles. The van der Waals surface area contributed by atoms with E-state index in [2.05, 4.69) is 10.3 Å². The van der Waals surface area contributed by atoms with Crippen molar-refractivity contribution >= 4 is 5.91 Å². The summed E-state index contributed by atoms with van der Waals surface area (Å²) in [6.07, 6.45) is 1.18. The van der Waals surface area contributed by atoms with Crippen molar-refractivity contribution in [1.29, 1.82) is 0 Å². The fraction of sp³-hybridized carbons (Fsp3) is 0.750. The standard InChI is InChI=1S/C4H8N2O2/c5-3(7)1-2-4-6-8-4/h4,6H,1-2H2,(H2,5,7). The van der Waals surface area contributed by atoms with Crippen LogP contribution in [-0.2, 0) is 9.63 Å². The van der Waals surface area contributed by atoms with E-state index < -0.39 is 0 Å². The van der Waals surface area contributed by atoms with E-state index in [0.29, 0.717) is 12.8 Å². The van der Waals surface area contributed by atoms with E-state index in [1.807, 2.05) is 0 Å². The molecule has 8 heavy (non-hydrogen) atoms. The Balaban J connectivity index is 1.95. The third-order valence-corrected chi connectivity index (χ3v) is 0.937. The third kappa shape index (κ3) is 1.90. The zero-order valence-corrected chi connectivity index (χ0v) is 4.39. The van der Waals surface area contributed by atoms with Crippen molar-refractivity contribution in [2.45, 2.75) is 19.1 Å². The van der Waals surface area contributed by atoms with Gasteiger partial charge in [-0.25, -0.2) is 0 Å². The maximum Gasteiger partial charge on any atom is 0.217 e. The molecule has 0 radical (unpaired) electrons. The lowest BCUT2D eigenvalue weighted by molar-refractivity contribution is -0.118. The van der Waals surface area contributed by atoms with Gasteiger partial charge in [-0.1, -0.05) is 0 Å². The van der Waals surface area contributed by atoms with Crippen LogP contribution in [0.15, 0.2) is 0 Å². The minimum Gasteiger partial charge on any atom is -0.370 e. The summed E-state index contributed by atoms with van der Waals surface area (Å²) in [6, 6.07) is 0. The molecule has 1 aliphatic heterocycles. The first-order chi connectivity index (χ1) is 3.79. The number of hydrogen-bond acceptors (Lipinski definition) is 3. The van der Waals surface area contributed by atoms with Crippen molar-refractivity contribution in [3.8, 4) is 0 Å². The number of primary amides is 1. The average molecular weight is 116 g/mol. The highest BCUT2D eigenvalue weighted by Crippen LogP contribution is 2.06. The number of amides is 1. The predicted molar refractivity (Wildman–Crippen MR) is 26.4 cm³/mol. The number of nitrogens with two attached hydrogens (primary N) is 1. The van der Waals surface area contributed by atoms with Gasteiger partial charge in [-0.2, -0.15) is 5.48 Å². The van der Waals surface area contributed by atoms with Gasteiger partial charge in [0.05, 0.1) is 0 Å². The lowest BCUT2D eigenvalue weighted by Crippen LogP contribution is -2.11. The topological polar surface area (TPSA) is 77.6 Å². The number of hydrogen-bond donors (Lipinski definition) is 2. The van der Waals surface area contributed by atoms with E-state index >= 15 is 0 Å². The molecule has 1 rings (SSSR count). The van der Waals surface area contributed by atoms with Gasteiger partial charge in [0, 0.05) is 6.42 Å². The zero-order valence-electron chi connectivity index (χ0n) is 4.39. The SMILES string of the molecule is NC(=O)CCC1NO1. The Hall–Kier alpha value is -0.610. The molecule has 1 amide bonds. The van der Waals surface area contributed by atoms with Crippen molar-refractivity contribution in [2.24, 2.45) is 5.73 Å². The summed E-state index contributed by atoms with van der Waals surface area (Å²) >= 11 is 0. The van der Waals surface area contributed by atoms with Crippen LogP contribution in [0.3, 0.4) is 0 Å². The summed E-state index contributed by atoms with van der Waals surface area (Å²) in [5, 5.41) is 0. The number of carbonyl (C=O) groups is 1. The lowest BCUT2D eigenvalue weighted by Gasteiger charge is -1.85. The average Bonchev–Trinajstić information content (AvgIpc) is 2.41. The fourth-order valence-corrected chi connectivity index (χ4v) is 0.439. The van der Waals surface area contributed by atoms with Gasteiger partial charge in [-0.3, -0.25) is 9.63 Å². The first-order valence-corrected chi connectivity index (χ1v) is 2.48. The molecule has 1 unspecified atom stereocenters. The van der Waals surface area contributed by atoms with Crippen molar-refractivity contribution in [3.05, 3.63) is 0 Å². The van der Waals surface area contributed by atoms with E-state index in [-0.39, 0.29) is 12.1 Å². The predicted octanol–water partition coefficient (Wildman–Crippen LogP) is -0.887. The minimum absolute atomic E-state index is 0.0856. The molecule has 1 saturated heterocycles. The molecule has 0 spiro atoms. The molecule has 0 bridgehead atoms. The van der Waals surface area contributed by atoms with Crippen LogP contribution in [0.1, 0.15) is 12.8 Å². The second-order valence-electron chi connectivity index (χ2n) is 1.73. The quantitative estimate of drug-likeness (QED) is 0.470. The number of carbonyl (C=O) groups excluding carboxylic acids is 1. The summed E-state index contributed by atoms with van der Waals surface area (Å²) in [6.45, 7) is 0. The van der Waals surface area contributed by atoms with Gasteiger partial charge in [0.1, 0.15) is 0 Å². The van der Waals surface area contributed by atoms with Crippen LogP contribution in [0.4, 0.5) is 0 Å². The monoisotopic (exact) mass is 116 g/mol. The molecule has 4 nitrogen and oxygen atoms in total. The van der Waals surface area contributed by atoms with Crippen LogP contribution in [0.25, 0.3) is 0 Å². The molecule has 4 heteroatoms. The van der Waals surface area contributed by atoms with Crippen molar-refractivity contribution in [1.82, 2.24) is 5.48 Å². The Morgan fingerprint density at radius 2 is 2.50 bits per heavy atom. The van der Waals surface area contributed by atoms with Crippen molar-refractivity contribution in [3.63, 3.8) is 0 Å². The zero-order chi connectivity index (χ0) is 5.98. The van der Waals surface area contributed by atoms with Crippen molar-refractivity contribution in [2.75, 3.05) is 0 Å². The molecule has 0 saturated carbocycles. The molecular formula is C4H8N2O2. The van der Waals surface area contributed by atoms with Gasteiger partial charge >= 0.3 is 0 Å². The van der Waals surface area contributed by atoms with E-state index in [4.69, 9.17) is 5.73 Å². The maximum absolute atomic E-state index is 10.1. The number of rotatable bonds is 3. The summed E-state index contributed by atoms with van der Waals surface area (Å²) in [5.74, 6) is -0.276. The van der Waals surface area contributed by atoms with Gasteiger partial charge in [-0.15, -0.1) is 0 Å². The molecule has 1 atom stereocenters. The largest absolute Gasteiger partial charge is 0.370 e. The number of nitrogens with one attached hydrogen (secondary N) is 1. The number of hydroxylamine groups is 1. The second-order valence-corrected chi connectivity index (χ2v) is 1.73. The molecule has 1 aliphatic rings. The van der Waals surface area contributed by atoms with Crippen LogP contribution in [0, 0.1) is 0 Å². The van der Waals surface area contributed by atoms with E-state index in [1.165, 1.54) is 0 Å². The highest BCUT2D eigenvalue weighted by atomic mass is 16.8. The Kier molecular flexibility index (Phi) is 1.45. The van der Waals surface area contributed by atoms with Gasteiger partial charge in [-0.05, 0) is 6.42 Å². The molecule has 0 aliphatic carbocycles. The highest BCUT2D eigenvalue weighted by molar-refractivity contribution is 5.73. The maximum atomic E-state index is 10.1. The van der Waals surface area contributed by atoms with E-state index in [9.17, 15) is 4.79 Å². The summed E-state index contributed by atoms with van der Waals surface area (Å²) in [5.41, 5.74) is 7.43. The van der Waals surface area contributed by atoms with Crippen LogP contribution in [0.2, 0.25) is 0 Å². The first kappa shape index (κ1) is 5.53. The molecule has 3 N–H and O–H groups in total. The second kappa shape index (κ2) is 2.11. The third-order valence-electron chi connectivity index (χ3n) is 0.937. The highest BCUT2D eigenvalue weighted by Gasteiger charge is 2.21. The van der Waals surface area contributed by atoms with Gasteiger partial charge in [0.15, 0.2) is 6.23 Å². The molecular weight excluding hydrogens is 108 g/mol. The van der Waals surface area contributed by atoms with E-state index in [1.54, 1.807) is 0 Å². The first-order valence-electron chi connectivity index (χ1n) is 2.48. The molecule has 46 valence electrons. The van der Waals surface area contributed by atoms with Crippen LogP contribution in [-0.4, -0.2) is 12.1 Å². The molecule has 0 aromatic heterocycles. The Morgan fingerprint density at radius 1 is 1.88 bits per heavy atom. The fourth-order valence-electron chi connectivity index (χ4n) is 0.439. The Labute approximate surface area is 46.9 Å². The minimum atomic E-state index is -0.276. The van der Waals surface area contributed by atoms with Gasteiger partial charge < -0.3 is 5.73 Å². The molecule has 1 fully saturated rings. The van der Waals surface area contributed by atoms with Crippen LogP contribution < -0.4 is 11.2 Å². The Bertz CT molecular complexity index is 100.